The Labute approximate surface area is 544 Å². The van der Waals surface area contributed by atoms with Crippen molar-refractivity contribution in [2.75, 3.05) is 26.9 Å². The molecule has 86 heavy (non-hydrogen) atoms. The second-order valence-corrected chi connectivity index (χ2v) is 27.9. The Morgan fingerprint density at radius 1 is 0.709 bits per heavy atom. The van der Waals surface area contributed by atoms with Crippen molar-refractivity contribution in [3.05, 3.63) is 23.8 Å². The Balaban J connectivity index is 0.00000529. The summed E-state index contributed by atoms with van der Waals surface area (Å²) < 4.78 is 136. The number of aliphatic hydroxyl groups excluding tert-OH is 8. The number of hydrogen-bond acceptors (Lipinski definition) is 28. The summed E-state index contributed by atoms with van der Waals surface area (Å²) in [4.78, 5) is 28.7. The molecule has 8 fully saturated rings. The van der Waals surface area contributed by atoms with Gasteiger partial charge in [-0.05, 0) is 100 Å². The van der Waals surface area contributed by atoms with Crippen molar-refractivity contribution in [2.45, 2.75) is 235 Å². The number of ketones is 1. The minimum absolute atomic E-state index is 0. The topological polar surface area (TPSA) is 421 Å². The van der Waals surface area contributed by atoms with E-state index in [0.29, 0.717) is 38.5 Å². The van der Waals surface area contributed by atoms with Gasteiger partial charge in [0.1, 0.15) is 96.8 Å². The van der Waals surface area contributed by atoms with Crippen molar-refractivity contribution in [1.82, 2.24) is 0 Å². The van der Waals surface area contributed by atoms with Gasteiger partial charge >= 0.3 is 65.1 Å². The number of carbonyl (C=O) groups is 2. The van der Waals surface area contributed by atoms with Crippen molar-refractivity contribution in [2.24, 2.45) is 39.4 Å². The molecular formula is C54H82Na2O28S2. The molecule has 5 heterocycles. The van der Waals surface area contributed by atoms with Crippen LogP contribution in [-0.4, -0.2) is 234 Å². The molecule has 0 aromatic heterocycles. The number of Topliss-reactive ketones (excluding diaryl/α,β-unsaturated/α-hetero) is 1. The van der Waals surface area contributed by atoms with Crippen LogP contribution < -0.4 is 59.1 Å². The van der Waals surface area contributed by atoms with Crippen LogP contribution in [0.5, 0.6) is 0 Å². The van der Waals surface area contributed by atoms with Crippen molar-refractivity contribution in [1.29, 1.82) is 0 Å². The number of ether oxygens (including phenoxy) is 10. The first-order chi connectivity index (χ1) is 39.0. The monoisotopic (exact) mass is 1290 g/mol. The van der Waals surface area contributed by atoms with Gasteiger partial charge in [-0.2, -0.15) is 0 Å². The van der Waals surface area contributed by atoms with Crippen LogP contribution in [0.3, 0.4) is 0 Å². The van der Waals surface area contributed by atoms with E-state index in [9.17, 15) is 76.4 Å². The molecule has 5 saturated heterocycles. The smallest absolute Gasteiger partial charge is 0.726 e. The number of hydrogen-bond donors (Lipinski definition) is 8. The van der Waals surface area contributed by atoms with Crippen LogP contribution in [0.1, 0.15) is 106 Å². The van der Waals surface area contributed by atoms with E-state index in [4.69, 9.17) is 47.4 Å². The molecule has 0 aromatic carbocycles. The van der Waals surface area contributed by atoms with Crippen molar-refractivity contribution < 1.29 is 191 Å². The summed E-state index contributed by atoms with van der Waals surface area (Å²) in [5, 5.41) is 90.5. The molecule has 28 nitrogen and oxygen atoms in total. The molecule has 9 rings (SSSR count). The van der Waals surface area contributed by atoms with Gasteiger partial charge in [0.25, 0.3) is 0 Å². The Morgan fingerprint density at radius 3 is 1.85 bits per heavy atom. The fourth-order valence-electron chi connectivity index (χ4n) is 16.1. The largest absolute Gasteiger partial charge is 1.00 e. The molecule has 5 aliphatic heterocycles. The zero-order valence-corrected chi connectivity index (χ0v) is 55.7. The third-order valence-electron chi connectivity index (χ3n) is 20.3. The molecule has 0 aromatic rings. The standard InChI is InChI=1S/C54H84O28S2.2Na/c1-23(2)11-10-16-53(8)44-27(55)19-52(7)26-12-13-31-50(4,5)32(15-17-51(31,6)25(26)14-18-54(44,52)49(64)82-53)78-48-43(33(57)28(56)20-72-48)81-47-39(63)42(35(59)30(77-47)22-74-84(68,69)70)80-45-37(61)36(60)40(24(3)75-45)79-46-38(62)41(71-9)34(58)29(76-46)21-73-83(65,66)67;;/h14,24,26,28-48,56-63H,1,10-13,15-22H2,2-9H3,(H,65,66,67)(H,68,69,70);;/q;2*+1/p-2/t24?,26?,28?,29?,30?,31?,32?,33?,34?,35?,36?,37?,38?,39?,40?,41?,42?,43?,44?,45?,46?,47?,48?,51-,52+,53+,54-;;/m1../s1. The van der Waals surface area contributed by atoms with Gasteiger partial charge < -0.3 is 97.3 Å². The van der Waals surface area contributed by atoms with Gasteiger partial charge in [0, 0.05) is 13.5 Å². The summed E-state index contributed by atoms with van der Waals surface area (Å²) in [6.07, 6.45) is -28.1. The number of fused-ring (bicyclic) bond motifs is 4. The predicted octanol–water partition coefficient (Wildman–Crippen LogP) is -7.23. The van der Waals surface area contributed by atoms with Gasteiger partial charge in [-0.1, -0.05) is 44.9 Å². The van der Waals surface area contributed by atoms with Gasteiger partial charge in [0.15, 0.2) is 25.2 Å². The van der Waals surface area contributed by atoms with Gasteiger partial charge in [-0.3, -0.25) is 18.0 Å². The van der Waals surface area contributed by atoms with Crippen molar-refractivity contribution in [3.8, 4) is 0 Å². The summed E-state index contributed by atoms with van der Waals surface area (Å²) >= 11 is 0. The van der Waals surface area contributed by atoms with E-state index < -0.39 is 197 Å². The van der Waals surface area contributed by atoms with Gasteiger partial charge in [-0.15, -0.1) is 6.58 Å². The minimum atomic E-state index is -5.46. The molecule has 27 atom stereocenters. The fourth-order valence-corrected chi connectivity index (χ4v) is 16.7. The van der Waals surface area contributed by atoms with E-state index in [-0.39, 0.29) is 89.1 Å². The Morgan fingerprint density at radius 2 is 1.27 bits per heavy atom. The molecule has 32 heteroatoms. The van der Waals surface area contributed by atoms with Gasteiger partial charge in [0.2, 0.25) is 20.8 Å². The molecule has 0 amide bonds. The number of aliphatic hydroxyl groups is 8. The van der Waals surface area contributed by atoms with E-state index in [1.807, 2.05) is 13.8 Å². The zero-order chi connectivity index (χ0) is 61.8. The van der Waals surface area contributed by atoms with E-state index in [1.54, 1.807) is 0 Å². The third kappa shape index (κ3) is 13.5. The maximum absolute atomic E-state index is 14.4. The quantitative estimate of drug-likeness (QED) is 0.0149. The van der Waals surface area contributed by atoms with Crippen molar-refractivity contribution >= 4 is 32.6 Å². The summed E-state index contributed by atoms with van der Waals surface area (Å²) in [7, 11) is -9.66. The van der Waals surface area contributed by atoms with Gasteiger partial charge in [0.05, 0.1) is 43.4 Å². The van der Waals surface area contributed by atoms with Crippen LogP contribution in [0.25, 0.3) is 0 Å². The molecule has 9 aliphatic rings. The van der Waals surface area contributed by atoms with E-state index in [2.05, 4.69) is 48.7 Å². The molecule has 0 bridgehead atoms. The van der Waals surface area contributed by atoms with Crippen LogP contribution in [0.2, 0.25) is 0 Å². The first-order valence-electron chi connectivity index (χ1n) is 28.5. The molecule has 23 unspecified atom stereocenters. The number of rotatable bonds is 19. The molecular weight excluding hydrogens is 1210 g/mol. The maximum Gasteiger partial charge on any atom is 1.00 e. The zero-order valence-electron chi connectivity index (χ0n) is 50.1. The van der Waals surface area contributed by atoms with Crippen LogP contribution in [-0.2, 0) is 86.1 Å². The van der Waals surface area contributed by atoms with E-state index in [0.717, 1.165) is 25.5 Å². The van der Waals surface area contributed by atoms with Crippen LogP contribution in [0.4, 0.5) is 0 Å². The average Bonchev–Trinajstić information content (AvgIpc) is 1.45. The van der Waals surface area contributed by atoms with E-state index in [1.165, 1.54) is 12.5 Å². The average molecular weight is 1290 g/mol. The Hall–Kier alpha value is -0.320. The number of allylic oxidation sites excluding steroid dienone is 3. The molecule has 0 radical (unpaired) electrons. The number of esters is 1. The third-order valence-corrected chi connectivity index (χ3v) is 21.1. The van der Waals surface area contributed by atoms with Crippen LogP contribution in [0.15, 0.2) is 23.8 Å². The maximum atomic E-state index is 14.4. The summed E-state index contributed by atoms with van der Waals surface area (Å²) in [5.41, 5.74) is -1.46. The molecule has 3 saturated carbocycles. The van der Waals surface area contributed by atoms with Gasteiger partial charge in [-0.25, -0.2) is 16.8 Å². The summed E-state index contributed by atoms with van der Waals surface area (Å²) in [5.74, 6) is -0.948. The minimum Gasteiger partial charge on any atom is -0.726 e. The molecule has 480 valence electrons. The molecule has 1 spiro atoms. The Kier molecular flexibility index (Phi) is 23.1. The second-order valence-electron chi connectivity index (χ2n) is 25.8. The summed E-state index contributed by atoms with van der Waals surface area (Å²) in [6.45, 7) is 14.9. The SMILES string of the molecule is C=C(C)CCC[C@]1(C)OC(=O)[C@]23CC=C4C(CCC5C(C)(C)C(OC6OCC(O)C(O)C6OC6OC(COS(=O)(=O)[O-])C(O)C(OC7OC(C)C(OC8OC(COS(=O)(=O)[O-])C(O)C(OC)C8O)C(O)C7O)C6O)CC[C@]45C)[C@]2(C)CC(=O)C31.[Na+].[Na+]. The first kappa shape index (κ1) is 73.1. The number of methoxy groups -OCH3 is 1. The van der Waals surface area contributed by atoms with Crippen LogP contribution in [0, 0.1) is 39.4 Å². The van der Waals surface area contributed by atoms with Crippen molar-refractivity contribution in [3.63, 3.8) is 0 Å². The predicted molar refractivity (Wildman–Crippen MR) is 278 cm³/mol. The van der Waals surface area contributed by atoms with E-state index >= 15 is 0 Å². The second kappa shape index (κ2) is 27.2. The van der Waals surface area contributed by atoms with Crippen LogP contribution >= 0.6 is 0 Å². The summed E-state index contributed by atoms with van der Waals surface area (Å²) in [6, 6.07) is 0. The first-order valence-corrected chi connectivity index (χ1v) is 31.2. The molecule has 4 aliphatic carbocycles. The molecule has 8 N–H and O–H groups in total. The fraction of sp³-hybridized carbons (Fsp3) is 0.889. The normalized spacial score (nSPS) is 47.4. The number of carbonyl (C=O) groups excluding carboxylic acids is 2. The Bertz CT molecular complexity index is 2710. The number of cyclic esters (lactones) is 1.